The van der Waals surface area contributed by atoms with Gasteiger partial charge in [0.15, 0.2) is 5.69 Å². The van der Waals surface area contributed by atoms with Crippen LogP contribution in [0.4, 0.5) is 11.4 Å². The Balaban J connectivity index is 2.16. The van der Waals surface area contributed by atoms with Crippen LogP contribution in [0.15, 0.2) is 18.3 Å². The van der Waals surface area contributed by atoms with Gasteiger partial charge in [-0.15, -0.1) is 0 Å². The van der Waals surface area contributed by atoms with E-state index in [2.05, 4.69) is 20.5 Å². The number of carbonyl (C=O) groups excluding carboxylic acids is 1. The smallest absolute Gasteiger partial charge is 0.278 e. The van der Waals surface area contributed by atoms with Crippen LogP contribution in [-0.2, 0) is 6.42 Å². The first-order chi connectivity index (χ1) is 9.11. The van der Waals surface area contributed by atoms with Crippen LogP contribution in [0.2, 0.25) is 0 Å². The van der Waals surface area contributed by atoms with E-state index in [1.165, 1.54) is 0 Å². The Kier molecular flexibility index (Phi) is 3.79. The minimum atomic E-state index is -0.318. The summed E-state index contributed by atoms with van der Waals surface area (Å²) in [6, 6.07) is 3.51. The Bertz CT molecular complexity index is 590. The molecule has 0 unspecified atom stereocenters. The summed E-state index contributed by atoms with van der Waals surface area (Å²) in [4.78, 5) is 16.1. The summed E-state index contributed by atoms with van der Waals surface area (Å²) in [5, 5.41) is 9.53. The highest BCUT2D eigenvalue weighted by Crippen LogP contribution is 2.17. The van der Waals surface area contributed by atoms with E-state index in [0.717, 1.165) is 24.2 Å². The average Bonchev–Trinajstić information content (AvgIpc) is 2.72. The molecule has 4 N–H and O–H groups in total. The van der Waals surface area contributed by atoms with Crippen molar-refractivity contribution in [2.24, 2.45) is 0 Å². The molecule has 6 nitrogen and oxygen atoms in total. The summed E-state index contributed by atoms with van der Waals surface area (Å²) in [5.74, 6) is -0.318. The Morgan fingerprint density at radius 2 is 2.32 bits per heavy atom. The summed E-state index contributed by atoms with van der Waals surface area (Å²) < 4.78 is 0. The number of aryl methyl sites for hydroxylation is 2. The summed E-state index contributed by atoms with van der Waals surface area (Å²) in [5.41, 5.74) is 8.88. The number of nitrogens with one attached hydrogen (secondary N) is 2. The highest BCUT2D eigenvalue weighted by molar-refractivity contribution is 6.06. The number of nitrogens with zero attached hydrogens (tertiary/aromatic N) is 2. The number of nitrogens with two attached hydrogens (primary N) is 1. The number of nitrogen functional groups attached to an aromatic ring is 1. The van der Waals surface area contributed by atoms with Gasteiger partial charge in [-0.25, -0.2) is 0 Å². The molecule has 0 saturated heterocycles. The monoisotopic (exact) mass is 259 g/mol. The van der Waals surface area contributed by atoms with Gasteiger partial charge in [0.25, 0.3) is 5.91 Å². The first-order valence-corrected chi connectivity index (χ1v) is 6.18. The molecular formula is C13H17N5O. The van der Waals surface area contributed by atoms with Crippen LogP contribution in [0, 0.1) is 6.92 Å². The number of anilines is 2. The van der Waals surface area contributed by atoms with Crippen LogP contribution in [0.25, 0.3) is 0 Å². The van der Waals surface area contributed by atoms with Crippen molar-refractivity contribution in [2.45, 2.75) is 26.7 Å². The Morgan fingerprint density at radius 3 is 3.00 bits per heavy atom. The van der Waals surface area contributed by atoms with E-state index in [4.69, 9.17) is 5.73 Å². The van der Waals surface area contributed by atoms with Crippen LogP contribution in [0.1, 0.15) is 35.2 Å². The number of hydrogen-bond donors (Lipinski definition) is 3. The first-order valence-electron chi connectivity index (χ1n) is 6.18. The van der Waals surface area contributed by atoms with E-state index in [1.807, 2.05) is 13.8 Å². The maximum absolute atomic E-state index is 12.1. The molecule has 0 spiro atoms. The normalized spacial score (nSPS) is 10.4. The van der Waals surface area contributed by atoms with Crippen molar-refractivity contribution in [3.05, 3.63) is 35.4 Å². The van der Waals surface area contributed by atoms with Crippen LogP contribution >= 0.6 is 0 Å². The van der Waals surface area contributed by atoms with E-state index in [-0.39, 0.29) is 11.6 Å². The quantitative estimate of drug-likeness (QED) is 0.781. The molecule has 6 heteroatoms. The van der Waals surface area contributed by atoms with Gasteiger partial charge in [-0.2, -0.15) is 5.10 Å². The topological polar surface area (TPSA) is 96.7 Å². The summed E-state index contributed by atoms with van der Waals surface area (Å²) in [6.45, 7) is 3.90. The molecule has 0 bridgehead atoms. The molecule has 0 saturated carbocycles. The van der Waals surface area contributed by atoms with Crippen molar-refractivity contribution in [3.63, 3.8) is 0 Å². The van der Waals surface area contributed by atoms with Gasteiger partial charge in [-0.3, -0.25) is 14.9 Å². The number of rotatable bonds is 4. The van der Waals surface area contributed by atoms with E-state index in [9.17, 15) is 4.79 Å². The molecule has 2 rings (SSSR count). The zero-order valence-electron chi connectivity index (χ0n) is 11.0. The maximum atomic E-state index is 12.1. The molecule has 0 radical (unpaired) electrons. The number of hydrogen-bond acceptors (Lipinski definition) is 4. The lowest BCUT2D eigenvalue weighted by molar-refractivity contribution is 0.102. The highest BCUT2D eigenvalue weighted by atomic mass is 16.2. The highest BCUT2D eigenvalue weighted by Gasteiger charge is 2.16. The van der Waals surface area contributed by atoms with Crippen molar-refractivity contribution >= 4 is 17.3 Å². The van der Waals surface area contributed by atoms with Gasteiger partial charge in [0.1, 0.15) is 0 Å². The van der Waals surface area contributed by atoms with Gasteiger partial charge in [0.05, 0.1) is 11.4 Å². The predicted molar refractivity (Wildman–Crippen MR) is 73.9 cm³/mol. The summed E-state index contributed by atoms with van der Waals surface area (Å²) in [7, 11) is 0. The molecule has 2 aromatic heterocycles. The minimum Gasteiger partial charge on any atom is -0.395 e. The number of amides is 1. The van der Waals surface area contributed by atoms with Crippen molar-refractivity contribution in [1.29, 1.82) is 0 Å². The maximum Gasteiger partial charge on any atom is 0.278 e. The number of carbonyl (C=O) groups is 1. The molecule has 0 aliphatic rings. The van der Waals surface area contributed by atoms with Crippen molar-refractivity contribution < 1.29 is 4.79 Å². The molecule has 1 amide bonds. The minimum absolute atomic E-state index is 0.234. The molecule has 0 atom stereocenters. The second-order valence-corrected chi connectivity index (χ2v) is 4.35. The molecule has 19 heavy (non-hydrogen) atoms. The van der Waals surface area contributed by atoms with Crippen molar-refractivity contribution in [1.82, 2.24) is 15.2 Å². The zero-order chi connectivity index (χ0) is 13.8. The Hall–Kier alpha value is -2.37. The lowest BCUT2D eigenvalue weighted by Crippen LogP contribution is -2.14. The van der Waals surface area contributed by atoms with Gasteiger partial charge in [0, 0.05) is 17.6 Å². The number of aromatic amines is 1. The lowest BCUT2D eigenvalue weighted by atomic mass is 10.2. The second kappa shape index (κ2) is 5.51. The third kappa shape index (κ3) is 2.90. The summed E-state index contributed by atoms with van der Waals surface area (Å²) >= 11 is 0. The van der Waals surface area contributed by atoms with Crippen molar-refractivity contribution in [2.75, 3.05) is 11.1 Å². The van der Waals surface area contributed by atoms with Gasteiger partial charge >= 0.3 is 0 Å². The van der Waals surface area contributed by atoms with Gasteiger partial charge in [-0.05, 0) is 25.5 Å². The van der Waals surface area contributed by atoms with Crippen LogP contribution in [0.3, 0.4) is 0 Å². The van der Waals surface area contributed by atoms with E-state index >= 15 is 0 Å². The zero-order valence-corrected chi connectivity index (χ0v) is 11.0. The fourth-order valence-corrected chi connectivity index (χ4v) is 1.81. The fraction of sp³-hybridized carbons (Fsp3) is 0.308. The number of pyridine rings is 1. The molecule has 2 aromatic rings. The third-order valence-corrected chi connectivity index (χ3v) is 2.75. The Labute approximate surface area is 111 Å². The predicted octanol–water partition coefficient (Wildman–Crippen LogP) is 1.90. The van der Waals surface area contributed by atoms with E-state index in [1.54, 1.807) is 18.3 Å². The molecular weight excluding hydrogens is 242 g/mol. The fourth-order valence-electron chi connectivity index (χ4n) is 1.81. The second-order valence-electron chi connectivity index (χ2n) is 4.35. The van der Waals surface area contributed by atoms with E-state index in [0.29, 0.717) is 11.4 Å². The lowest BCUT2D eigenvalue weighted by Gasteiger charge is -2.04. The number of H-pyrrole nitrogens is 1. The number of aromatic nitrogens is 3. The van der Waals surface area contributed by atoms with Gasteiger partial charge in [-0.1, -0.05) is 13.3 Å². The molecule has 2 heterocycles. The van der Waals surface area contributed by atoms with Crippen molar-refractivity contribution in [3.8, 4) is 0 Å². The van der Waals surface area contributed by atoms with Crippen LogP contribution in [0.5, 0.6) is 0 Å². The SMILES string of the molecule is CCCc1[nH]nc(C(=O)Nc2ccnc(C)c2)c1N. The first kappa shape index (κ1) is 13.1. The molecule has 100 valence electrons. The molecule has 0 aromatic carbocycles. The molecule has 0 aliphatic carbocycles. The Morgan fingerprint density at radius 1 is 1.53 bits per heavy atom. The molecule has 0 fully saturated rings. The average molecular weight is 259 g/mol. The largest absolute Gasteiger partial charge is 0.395 e. The standard InChI is InChI=1S/C13H17N5O/c1-3-4-10-11(14)12(18-17-10)13(19)16-9-5-6-15-8(2)7-9/h5-7H,3-4,14H2,1-2H3,(H,17,18)(H,15,16,19). The van der Waals surface area contributed by atoms with Gasteiger partial charge < -0.3 is 11.1 Å². The van der Waals surface area contributed by atoms with E-state index < -0.39 is 0 Å². The van der Waals surface area contributed by atoms with Gasteiger partial charge in [0.2, 0.25) is 0 Å². The summed E-state index contributed by atoms with van der Waals surface area (Å²) in [6.07, 6.45) is 3.36. The van der Waals surface area contributed by atoms with Crippen LogP contribution in [-0.4, -0.2) is 21.1 Å². The third-order valence-electron chi connectivity index (χ3n) is 2.75. The van der Waals surface area contributed by atoms with Crippen LogP contribution < -0.4 is 11.1 Å². The molecule has 0 aliphatic heterocycles.